The Morgan fingerprint density at radius 1 is 1.12 bits per heavy atom. The molecular formula is C21H24N4O. The van der Waals surface area contributed by atoms with Crippen LogP contribution in [-0.4, -0.2) is 26.2 Å². The summed E-state index contributed by atoms with van der Waals surface area (Å²) >= 11 is 0. The highest BCUT2D eigenvalue weighted by molar-refractivity contribution is 5.79. The lowest BCUT2D eigenvalue weighted by atomic mass is 9.75. The number of fused-ring (bicyclic) bond motifs is 1. The highest BCUT2D eigenvalue weighted by atomic mass is 16.3. The molecule has 5 heteroatoms. The lowest BCUT2D eigenvalue weighted by molar-refractivity contribution is 0.0339. The molecule has 0 amide bonds. The van der Waals surface area contributed by atoms with Crippen LogP contribution in [0, 0.1) is 26.7 Å². The number of benzene rings is 1. The van der Waals surface area contributed by atoms with Crippen LogP contribution in [0.3, 0.4) is 0 Å². The van der Waals surface area contributed by atoms with Gasteiger partial charge in [0.15, 0.2) is 0 Å². The van der Waals surface area contributed by atoms with E-state index in [1.54, 1.807) is 0 Å². The van der Waals surface area contributed by atoms with Gasteiger partial charge < -0.3 is 10.4 Å². The number of aromatic nitrogens is 3. The zero-order chi connectivity index (χ0) is 18.3. The van der Waals surface area contributed by atoms with Crippen LogP contribution >= 0.6 is 0 Å². The Morgan fingerprint density at radius 2 is 1.88 bits per heavy atom. The van der Waals surface area contributed by atoms with Crippen LogP contribution in [0.25, 0.3) is 10.9 Å². The second kappa shape index (κ2) is 6.65. The number of para-hydroxylation sites is 1. The van der Waals surface area contributed by atoms with Crippen LogP contribution in [-0.2, 0) is 0 Å². The molecule has 26 heavy (non-hydrogen) atoms. The molecule has 5 nitrogen and oxygen atoms in total. The minimum absolute atomic E-state index is 0.0721. The third kappa shape index (κ3) is 3.15. The van der Waals surface area contributed by atoms with Gasteiger partial charge in [0, 0.05) is 22.8 Å². The number of hydrogen-bond donors (Lipinski definition) is 2. The zero-order valence-electron chi connectivity index (χ0n) is 15.4. The molecule has 2 heterocycles. The molecule has 0 unspecified atom stereocenters. The van der Waals surface area contributed by atoms with E-state index in [2.05, 4.69) is 32.4 Å². The Kier molecular flexibility index (Phi) is 4.32. The van der Waals surface area contributed by atoms with Crippen molar-refractivity contribution in [1.29, 1.82) is 0 Å². The largest absolute Gasteiger partial charge is 0.393 e. The first-order valence-corrected chi connectivity index (χ1v) is 9.12. The maximum Gasteiger partial charge on any atom is 0.133 e. The molecule has 0 spiro atoms. The van der Waals surface area contributed by atoms with E-state index in [9.17, 15) is 5.11 Å². The van der Waals surface area contributed by atoms with Crippen LogP contribution in [0.1, 0.15) is 41.5 Å². The Labute approximate surface area is 153 Å². The molecule has 1 aliphatic carbocycles. The predicted octanol–water partition coefficient (Wildman–Crippen LogP) is 3.87. The molecule has 0 radical (unpaired) electrons. The van der Waals surface area contributed by atoms with Gasteiger partial charge >= 0.3 is 0 Å². The van der Waals surface area contributed by atoms with Gasteiger partial charge in [-0.05, 0) is 57.2 Å². The van der Waals surface area contributed by atoms with Gasteiger partial charge in [0.1, 0.15) is 11.6 Å². The van der Waals surface area contributed by atoms with Crippen molar-refractivity contribution >= 4 is 16.7 Å². The Hall–Kier alpha value is -2.53. The summed E-state index contributed by atoms with van der Waals surface area (Å²) in [6, 6.07) is 10.4. The number of hydrogen-bond acceptors (Lipinski definition) is 5. The molecule has 1 fully saturated rings. The van der Waals surface area contributed by atoms with E-state index in [1.165, 1.54) is 0 Å². The van der Waals surface area contributed by atoms with E-state index in [0.717, 1.165) is 52.2 Å². The van der Waals surface area contributed by atoms with Crippen molar-refractivity contribution in [2.45, 2.75) is 45.8 Å². The number of nitrogens with one attached hydrogen (secondary N) is 1. The SMILES string of the molecule is Cc1nc(C)c(C)c(N[C@@H](c2cnc3ccccc3c2)C2CC(O)C2)n1. The minimum Gasteiger partial charge on any atom is -0.393 e. The summed E-state index contributed by atoms with van der Waals surface area (Å²) in [5.74, 6) is 2.00. The van der Waals surface area contributed by atoms with Crippen LogP contribution in [0.15, 0.2) is 36.5 Å². The lowest BCUT2D eigenvalue weighted by Crippen LogP contribution is -2.36. The van der Waals surface area contributed by atoms with Gasteiger partial charge in [-0.2, -0.15) is 0 Å². The lowest BCUT2D eigenvalue weighted by Gasteiger charge is -2.38. The fourth-order valence-corrected chi connectivity index (χ4v) is 3.69. The summed E-state index contributed by atoms with van der Waals surface area (Å²) in [6.07, 6.45) is 3.34. The first kappa shape index (κ1) is 16.9. The highest BCUT2D eigenvalue weighted by Crippen LogP contribution is 2.40. The standard InChI is InChI=1S/C21H24N4O/c1-12-13(2)23-14(3)24-21(12)25-20(16-9-18(26)10-16)17-8-15-6-4-5-7-19(15)22-11-17/h4-8,11,16,18,20,26H,9-10H2,1-3H3,(H,23,24,25)/t16?,18?,20-/m1/s1. The van der Waals surface area contributed by atoms with Gasteiger partial charge in [0.25, 0.3) is 0 Å². The first-order chi connectivity index (χ1) is 12.5. The molecule has 3 aromatic rings. The van der Waals surface area contributed by atoms with E-state index in [-0.39, 0.29) is 12.1 Å². The van der Waals surface area contributed by atoms with Crippen molar-refractivity contribution in [3.63, 3.8) is 0 Å². The van der Waals surface area contributed by atoms with Gasteiger partial charge in [0.2, 0.25) is 0 Å². The fourth-order valence-electron chi connectivity index (χ4n) is 3.69. The zero-order valence-corrected chi connectivity index (χ0v) is 15.4. The summed E-state index contributed by atoms with van der Waals surface area (Å²) in [7, 11) is 0. The van der Waals surface area contributed by atoms with Crippen molar-refractivity contribution in [2.24, 2.45) is 5.92 Å². The number of pyridine rings is 1. The predicted molar refractivity (Wildman–Crippen MR) is 103 cm³/mol. The minimum atomic E-state index is -0.201. The maximum atomic E-state index is 9.83. The van der Waals surface area contributed by atoms with Crippen molar-refractivity contribution in [3.8, 4) is 0 Å². The Morgan fingerprint density at radius 3 is 2.65 bits per heavy atom. The topological polar surface area (TPSA) is 70.9 Å². The number of aryl methyl sites for hydroxylation is 2. The van der Waals surface area contributed by atoms with Gasteiger partial charge in [-0.3, -0.25) is 4.98 Å². The Bertz CT molecular complexity index is 950. The fraction of sp³-hybridized carbons (Fsp3) is 0.381. The van der Waals surface area contributed by atoms with Gasteiger partial charge in [-0.1, -0.05) is 18.2 Å². The molecule has 0 aliphatic heterocycles. The van der Waals surface area contributed by atoms with Crippen molar-refractivity contribution < 1.29 is 5.11 Å². The van der Waals surface area contributed by atoms with E-state index in [4.69, 9.17) is 0 Å². The third-order valence-corrected chi connectivity index (χ3v) is 5.39. The second-order valence-corrected chi connectivity index (χ2v) is 7.30. The van der Waals surface area contributed by atoms with Crippen LogP contribution in [0.5, 0.6) is 0 Å². The molecule has 1 aliphatic rings. The van der Waals surface area contributed by atoms with Crippen LogP contribution in [0.2, 0.25) is 0 Å². The van der Waals surface area contributed by atoms with Crippen molar-refractivity contribution in [2.75, 3.05) is 5.32 Å². The van der Waals surface area contributed by atoms with E-state index in [1.807, 2.05) is 45.2 Å². The average molecular weight is 348 g/mol. The van der Waals surface area contributed by atoms with Gasteiger partial charge in [-0.25, -0.2) is 9.97 Å². The van der Waals surface area contributed by atoms with Crippen molar-refractivity contribution in [3.05, 3.63) is 59.2 Å². The first-order valence-electron chi connectivity index (χ1n) is 9.12. The van der Waals surface area contributed by atoms with Crippen LogP contribution in [0.4, 0.5) is 5.82 Å². The summed E-state index contributed by atoms with van der Waals surface area (Å²) in [5.41, 5.74) is 4.18. The summed E-state index contributed by atoms with van der Waals surface area (Å²) < 4.78 is 0. The molecule has 2 N–H and O–H groups in total. The van der Waals surface area contributed by atoms with Gasteiger partial charge in [-0.15, -0.1) is 0 Å². The average Bonchev–Trinajstić information content (AvgIpc) is 2.60. The number of nitrogens with zero attached hydrogens (tertiary/aromatic N) is 3. The van der Waals surface area contributed by atoms with E-state index in [0.29, 0.717) is 5.92 Å². The number of aliphatic hydroxyl groups excluding tert-OH is 1. The van der Waals surface area contributed by atoms with Crippen LogP contribution < -0.4 is 5.32 Å². The molecule has 4 rings (SSSR count). The normalized spacial score (nSPS) is 20.6. The molecule has 0 saturated heterocycles. The molecule has 0 bridgehead atoms. The summed E-state index contributed by atoms with van der Waals surface area (Å²) in [4.78, 5) is 13.7. The highest BCUT2D eigenvalue weighted by Gasteiger charge is 2.35. The number of rotatable bonds is 4. The molecular weight excluding hydrogens is 324 g/mol. The van der Waals surface area contributed by atoms with Gasteiger partial charge in [0.05, 0.1) is 17.7 Å². The molecule has 134 valence electrons. The number of aliphatic hydroxyl groups is 1. The van der Waals surface area contributed by atoms with E-state index < -0.39 is 0 Å². The Balaban J connectivity index is 1.72. The summed E-state index contributed by atoms with van der Waals surface area (Å²) in [5, 5.41) is 14.6. The maximum absolute atomic E-state index is 9.83. The molecule has 1 aromatic carbocycles. The smallest absolute Gasteiger partial charge is 0.133 e. The van der Waals surface area contributed by atoms with E-state index >= 15 is 0 Å². The number of anilines is 1. The molecule has 2 aromatic heterocycles. The third-order valence-electron chi connectivity index (χ3n) is 5.39. The summed E-state index contributed by atoms with van der Waals surface area (Å²) in [6.45, 7) is 5.97. The quantitative estimate of drug-likeness (QED) is 0.749. The second-order valence-electron chi connectivity index (χ2n) is 7.30. The molecule has 1 saturated carbocycles. The molecule has 1 atom stereocenters. The monoisotopic (exact) mass is 348 g/mol. The van der Waals surface area contributed by atoms with Crippen molar-refractivity contribution in [1.82, 2.24) is 15.0 Å².